The lowest BCUT2D eigenvalue weighted by Crippen LogP contribution is -2.28. The highest BCUT2D eigenvalue weighted by molar-refractivity contribution is 5.92. The number of amides is 1. The van der Waals surface area contributed by atoms with Crippen molar-refractivity contribution >= 4 is 22.8 Å². The van der Waals surface area contributed by atoms with Gasteiger partial charge in [0.15, 0.2) is 5.65 Å². The molecule has 0 atom stereocenters. The summed E-state index contributed by atoms with van der Waals surface area (Å²) in [5.41, 5.74) is 4.23. The molecule has 0 spiro atoms. The van der Waals surface area contributed by atoms with Crippen molar-refractivity contribution in [3.05, 3.63) is 83.0 Å². The van der Waals surface area contributed by atoms with Crippen molar-refractivity contribution in [1.82, 2.24) is 23.8 Å². The third-order valence-corrected chi connectivity index (χ3v) is 5.74. The van der Waals surface area contributed by atoms with Gasteiger partial charge in [-0.2, -0.15) is 5.10 Å². The minimum absolute atomic E-state index is 0.234. The number of para-hydroxylation sites is 2. The zero-order chi connectivity index (χ0) is 23.8. The summed E-state index contributed by atoms with van der Waals surface area (Å²) in [4.78, 5) is 25.5. The van der Waals surface area contributed by atoms with Crippen LogP contribution in [0.5, 0.6) is 5.75 Å². The van der Waals surface area contributed by atoms with Crippen LogP contribution in [0, 0.1) is 0 Å². The second kappa shape index (κ2) is 8.51. The summed E-state index contributed by atoms with van der Waals surface area (Å²) in [7, 11) is 1.53. The smallest absolute Gasteiger partial charge is 0.350 e. The van der Waals surface area contributed by atoms with Gasteiger partial charge in [-0.15, -0.1) is 5.10 Å². The van der Waals surface area contributed by atoms with Crippen molar-refractivity contribution < 1.29 is 9.53 Å². The SMILES string of the molecule is COc1ccccc1NC(=O)Cn1nc2c3cc(-c4ccc(C(C)C)cc4)nn3ccn2c1=O. The van der Waals surface area contributed by atoms with Crippen molar-refractivity contribution in [3.8, 4) is 17.0 Å². The van der Waals surface area contributed by atoms with Gasteiger partial charge in [0.2, 0.25) is 5.91 Å². The number of rotatable bonds is 6. The van der Waals surface area contributed by atoms with Crippen LogP contribution in [0.1, 0.15) is 25.3 Å². The standard InChI is InChI=1S/C25H24N6O3/c1-16(2)17-8-10-18(11-9-17)20-14-21-24-28-31(25(33)29(24)12-13-30(21)27-20)15-23(32)26-19-6-4-5-7-22(19)34-3/h4-14,16H,15H2,1-3H3,(H,26,32). The molecule has 3 heterocycles. The summed E-state index contributed by atoms with van der Waals surface area (Å²) in [6, 6.07) is 17.3. The van der Waals surface area contributed by atoms with E-state index in [0.29, 0.717) is 28.5 Å². The highest BCUT2D eigenvalue weighted by atomic mass is 16.5. The quantitative estimate of drug-likeness (QED) is 0.421. The highest BCUT2D eigenvalue weighted by Crippen LogP contribution is 2.24. The van der Waals surface area contributed by atoms with Gasteiger partial charge in [0, 0.05) is 18.0 Å². The van der Waals surface area contributed by atoms with Gasteiger partial charge in [-0.1, -0.05) is 50.2 Å². The maximum absolute atomic E-state index is 12.9. The number of carbonyl (C=O) groups excluding carboxylic acids is 1. The Balaban J connectivity index is 1.46. The Morgan fingerprint density at radius 2 is 1.82 bits per heavy atom. The first-order valence-corrected chi connectivity index (χ1v) is 11.0. The van der Waals surface area contributed by atoms with Gasteiger partial charge < -0.3 is 10.1 Å². The Kier molecular flexibility index (Phi) is 5.37. The molecule has 0 saturated carbocycles. The van der Waals surface area contributed by atoms with Crippen LogP contribution in [0.3, 0.4) is 0 Å². The van der Waals surface area contributed by atoms with Crippen LogP contribution in [-0.4, -0.2) is 36.8 Å². The van der Waals surface area contributed by atoms with E-state index < -0.39 is 5.69 Å². The zero-order valence-corrected chi connectivity index (χ0v) is 19.1. The van der Waals surface area contributed by atoms with E-state index in [4.69, 9.17) is 4.74 Å². The normalized spacial score (nSPS) is 11.4. The topological polar surface area (TPSA) is 94.9 Å². The van der Waals surface area contributed by atoms with Crippen LogP contribution in [0.4, 0.5) is 5.69 Å². The molecule has 5 aromatic rings. The molecule has 9 nitrogen and oxygen atoms in total. The minimum Gasteiger partial charge on any atom is -0.495 e. The average molecular weight is 457 g/mol. The Morgan fingerprint density at radius 1 is 1.06 bits per heavy atom. The van der Waals surface area contributed by atoms with Crippen molar-refractivity contribution in [1.29, 1.82) is 0 Å². The van der Waals surface area contributed by atoms with Gasteiger partial charge in [0.05, 0.1) is 18.5 Å². The van der Waals surface area contributed by atoms with Gasteiger partial charge in [0.25, 0.3) is 0 Å². The fraction of sp³-hybridized carbons (Fsp3) is 0.200. The number of anilines is 1. The molecule has 1 N–H and O–H groups in total. The molecule has 0 saturated heterocycles. The molecule has 0 fully saturated rings. The number of carbonyl (C=O) groups is 1. The first-order chi connectivity index (χ1) is 16.4. The number of aromatic nitrogens is 5. The number of nitrogens with one attached hydrogen (secondary N) is 1. The third kappa shape index (κ3) is 3.81. The highest BCUT2D eigenvalue weighted by Gasteiger charge is 2.16. The number of hydrogen-bond donors (Lipinski definition) is 1. The molecular weight excluding hydrogens is 432 g/mol. The van der Waals surface area contributed by atoms with Crippen LogP contribution in [-0.2, 0) is 11.3 Å². The number of fused-ring (bicyclic) bond motifs is 3. The molecule has 172 valence electrons. The second-order valence-corrected chi connectivity index (χ2v) is 8.32. The van der Waals surface area contributed by atoms with E-state index in [0.717, 1.165) is 15.9 Å². The van der Waals surface area contributed by atoms with Crippen molar-refractivity contribution in [2.75, 3.05) is 12.4 Å². The Bertz CT molecular complexity index is 1560. The number of methoxy groups -OCH3 is 1. The Morgan fingerprint density at radius 3 is 2.56 bits per heavy atom. The molecule has 0 bridgehead atoms. The lowest BCUT2D eigenvalue weighted by Gasteiger charge is -2.09. The van der Waals surface area contributed by atoms with Gasteiger partial charge >= 0.3 is 5.69 Å². The van der Waals surface area contributed by atoms with Gasteiger partial charge in [-0.25, -0.2) is 18.4 Å². The molecule has 2 aromatic carbocycles. The molecule has 0 aliphatic rings. The number of benzene rings is 2. The predicted octanol–water partition coefficient (Wildman–Crippen LogP) is 3.58. The Labute approximate surface area is 195 Å². The number of nitrogens with zero attached hydrogens (tertiary/aromatic N) is 5. The monoisotopic (exact) mass is 456 g/mol. The fourth-order valence-corrected chi connectivity index (χ4v) is 3.89. The zero-order valence-electron chi connectivity index (χ0n) is 19.1. The van der Waals surface area contributed by atoms with Crippen LogP contribution in [0.2, 0.25) is 0 Å². The van der Waals surface area contributed by atoms with E-state index in [9.17, 15) is 9.59 Å². The van der Waals surface area contributed by atoms with E-state index >= 15 is 0 Å². The first kappa shape index (κ1) is 21.4. The molecule has 0 unspecified atom stereocenters. The first-order valence-electron chi connectivity index (χ1n) is 11.0. The second-order valence-electron chi connectivity index (χ2n) is 8.32. The van der Waals surface area contributed by atoms with Crippen molar-refractivity contribution in [3.63, 3.8) is 0 Å². The summed E-state index contributed by atoms with van der Waals surface area (Å²) in [6.45, 7) is 4.07. The number of ether oxygens (including phenoxy) is 1. The number of hydrogen-bond acceptors (Lipinski definition) is 5. The summed E-state index contributed by atoms with van der Waals surface area (Å²) in [5, 5.41) is 11.8. The fourth-order valence-electron chi connectivity index (χ4n) is 3.89. The molecule has 0 aliphatic heterocycles. The average Bonchev–Trinajstić information content (AvgIpc) is 3.41. The van der Waals surface area contributed by atoms with Crippen molar-refractivity contribution in [2.45, 2.75) is 26.3 Å². The molecule has 5 rings (SSSR count). The Hall–Kier alpha value is -4.40. The molecule has 0 radical (unpaired) electrons. The molecule has 0 aliphatic carbocycles. The summed E-state index contributed by atoms with van der Waals surface area (Å²) < 4.78 is 9.51. The lowest BCUT2D eigenvalue weighted by molar-refractivity contribution is -0.117. The maximum atomic E-state index is 12.9. The van der Waals surface area contributed by atoms with Gasteiger partial charge in [0.1, 0.15) is 17.8 Å². The van der Waals surface area contributed by atoms with Crippen LogP contribution in [0.25, 0.3) is 22.4 Å². The van der Waals surface area contributed by atoms with E-state index in [1.807, 2.05) is 24.3 Å². The molecule has 3 aromatic heterocycles. The lowest BCUT2D eigenvalue weighted by atomic mass is 10.0. The maximum Gasteiger partial charge on any atom is 0.350 e. The van der Waals surface area contributed by atoms with E-state index in [1.54, 1.807) is 35.1 Å². The molecule has 9 heteroatoms. The largest absolute Gasteiger partial charge is 0.495 e. The van der Waals surface area contributed by atoms with E-state index in [1.165, 1.54) is 17.1 Å². The summed E-state index contributed by atoms with van der Waals surface area (Å²) in [5.74, 6) is 0.601. The summed E-state index contributed by atoms with van der Waals surface area (Å²) in [6.07, 6.45) is 3.31. The van der Waals surface area contributed by atoms with Crippen molar-refractivity contribution in [2.24, 2.45) is 0 Å². The van der Waals surface area contributed by atoms with Gasteiger partial charge in [-0.3, -0.25) is 4.79 Å². The predicted molar refractivity (Wildman–Crippen MR) is 129 cm³/mol. The summed E-state index contributed by atoms with van der Waals surface area (Å²) >= 11 is 0. The van der Waals surface area contributed by atoms with E-state index in [-0.39, 0.29) is 12.5 Å². The van der Waals surface area contributed by atoms with Gasteiger partial charge in [-0.05, 0) is 29.7 Å². The minimum atomic E-state index is -0.406. The van der Waals surface area contributed by atoms with Crippen LogP contribution >= 0.6 is 0 Å². The molecule has 1 amide bonds. The molecular formula is C25H24N6O3. The molecule has 34 heavy (non-hydrogen) atoms. The van der Waals surface area contributed by atoms with Crippen LogP contribution in [0.15, 0.2) is 71.8 Å². The van der Waals surface area contributed by atoms with E-state index in [2.05, 4.69) is 41.5 Å². The third-order valence-electron chi connectivity index (χ3n) is 5.74. The van der Waals surface area contributed by atoms with Crippen LogP contribution < -0.4 is 15.7 Å².